The molecule has 0 N–H and O–H groups in total. The number of esters is 1. The van der Waals surface area contributed by atoms with Crippen molar-refractivity contribution in [2.45, 2.75) is 6.42 Å². The van der Waals surface area contributed by atoms with E-state index in [1.54, 1.807) is 0 Å². The number of carbonyl (C=O) groups excluding carboxylic acids is 1. The van der Waals surface area contributed by atoms with E-state index < -0.39 is 0 Å². The SMILES string of the molecule is COC(=O)C1=Cc2cc3c(cc2C1)OCO3. The minimum Gasteiger partial charge on any atom is -0.466 e. The van der Waals surface area contributed by atoms with Gasteiger partial charge >= 0.3 is 5.97 Å². The zero-order chi connectivity index (χ0) is 11.1. The zero-order valence-electron chi connectivity index (χ0n) is 8.78. The summed E-state index contributed by atoms with van der Waals surface area (Å²) < 4.78 is 15.3. The molecule has 0 spiro atoms. The summed E-state index contributed by atoms with van der Waals surface area (Å²) in [5.41, 5.74) is 2.75. The lowest BCUT2D eigenvalue weighted by Crippen LogP contribution is -2.03. The molecule has 0 aromatic heterocycles. The van der Waals surface area contributed by atoms with Crippen LogP contribution in [0.3, 0.4) is 0 Å². The summed E-state index contributed by atoms with van der Waals surface area (Å²) in [6.45, 7) is 0.270. The van der Waals surface area contributed by atoms with Crippen LogP contribution in [0.5, 0.6) is 11.5 Å². The second-order valence-corrected chi connectivity index (χ2v) is 3.74. The first kappa shape index (κ1) is 9.27. The van der Waals surface area contributed by atoms with Gasteiger partial charge in [-0.15, -0.1) is 0 Å². The molecule has 1 aliphatic carbocycles. The first-order chi connectivity index (χ1) is 7.78. The fourth-order valence-corrected chi connectivity index (χ4v) is 1.99. The number of fused-ring (bicyclic) bond motifs is 2. The first-order valence-corrected chi connectivity index (χ1v) is 4.99. The van der Waals surface area contributed by atoms with Gasteiger partial charge in [-0.05, 0) is 29.3 Å². The van der Waals surface area contributed by atoms with Crippen LogP contribution in [0.2, 0.25) is 0 Å². The molecule has 82 valence electrons. The predicted octanol–water partition coefficient (Wildman–Crippen LogP) is 1.53. The van der Waals surface area contributed by atoms with Crippen LogP contribution in [0.15, 0.2) is 17.7 Å². The van der Waals surface area contributed by atoms with Gasteiger partial charge in [-0.2, -0.15) is 0 Å². The largest absolute Gasteiger partial charge is 0.466 e. The quantitative estimate of drug-likeness (QED) is 0.670. The predicted molar refractivity (Wildman–Crippen MR) is 56.3 cm³/mol. The Kier molecular flexibility index (Phi) is 1.89. The summed E-state index contributed by atoms with van der Waals surface area (Å²) in [6, 6.07) is 3.82. The average molecular weight is 218 g/mol. The standard InChI is InChI=1S/C12H10O4/c1-14-12(13)9-2-7-4-10-11(16-6-15-10)5-8(7)3-9/h2,4-5H,3,6H2,1H3. The molecular weight excluding hydrogens is 208 g/mol. The summed E-state index contributed by atoms with van der Waals surface area (Å²) in [7, 11) is 1.39. The smallest absolute Gasteiger partial charge is 0.334 e. The second-order valence-electron chi connectivity index (χ2n) is 3.74. The molecule has 0 atom stereocenters. The third-order valence-electron chi connectivity index (χ3n) is 2.79. The third kappa shape index (κ3) is 1.26. The van der Waals surface area contributed by atoms with Crippen LogP contribution in [0.1, 0.15) is 11.1 Å². The van der Waals surface area contributed by atoms with Gasteiger partial charge in [-0.25, -0.2) is 4.79 Å². The van der Waals surface area contributed by atoms with E-state index in [9.17, 15) is 4.79 Å². The lowest BCUT2D eigenvalue weighted by Gasteiger charge is -2.01. The molecule has 0 unspecified atom stereocenters. The molecule has 4 heteroatoms. The van der Waals surface area contributed by atoms with E-state index in [0.29, 0.717) is 12.0 Å². The van der Waals surface area contributed by atoms with Gasteiger partial charge < -0.3 is 14.2 Å². The normalized spacial score (nSPS) is 15.7. The van der Waals surface area contributed by atoms with Crippen molar-refractivity contribution < 1.29 is 19.0 Å². The molecule has 0 bridgehead atoms. The Morgan fingerprint density at radius 3 is 2.81 bits per heavy atom. The Morgan fingerprint density at radius 2 is 2.06 bits per heavy atom. The number of benzene rings is 1. The summed E-state index contributed by atoms with van der Waals surface area (Å²) >= 11 is 0. The van der Waals surface area contributed by atoms with Crippen molar-refractivity contribution in [1.82, 2.24) is 0 Å². The van der Waals surface area contributed by atoms with Gasteiger partial charge in [0.2, 0.25) is 6.79 Å². The molecule has 1 aromatic rings. The van der Waals surface area contributed by atoms with Crippen LogP contribution >= 0.6 is 0 Å². The molecule has 0 amide bonds. The van der Waals surface area contributed by atoms with Crippen LogP contribution < -0.4 is 9.47 Å². The number of rotatable bonds is 1. The van der Waals surface area contributed by atoms with Gasteiger partial charge in [0, 0.05) is 12.0 Å². The van der Waals surface area contributed by atoms with Crippen molar-refractivity contribution in [2.75, 3.05) is 13.9 Å². The number of ether oxygens (including phenoxy) is 3. The molecule has 4 nitrogen and oxygen atoms in total. The Bertz CT molecular complexity index is 502. The molecule has 3 rings (SSSR count). The van der Waals surface area contributed by atoms with E-state index in [1.807, 2.05) is 18.2 Å². The van der Waals surface area contributed by atoms with Crippen molar-refractivity contribution in [2.24, 2.45) is 0 Å². The van der Waals surface area contributed by atoms with Gasteiger partial charge in [-0.3, -0.25) is 0 Å². The number of hydrogen-bond donors (Lipinski definition) is 0. The minimum absolute atomic E-state index is 0.270. The fourth-order valence-electron chi connectivity index (χ4n) is 1.99. The molecule has 0 saturated heterocycles. The Hall–Kier alpha value is -1.97. The summed E-state index contributed by atoms with van der Waals surface area (Å²) in [5.74, 6) is 1.21. The van der Waals surface area contributed by atoms with Gasteiger partial charge in [0.25, 0.3) is 0 Å². The van der Waals surface area contributed by atoms with Crippen molar-refractivity contribution in [3.05, 3.63) is 28.8 Å². The van der Waals surface area contributed by atoms with E-state index >= 15 is 0 Å². The molecule has 1 aliphatic heterocycles. The average Bonchev–Trinajstić information content (AvgIpc) is 2.89. The maximum Gasteiger partial charge on any atom is 0.334 e. The number of methoxy groups -OCH3 is 1. The summed E-state index contributed by atoms with van der Waals surface area (Å²) in [4.78, 5) is 11.4. The van der Waals surface area contributed by atoms with Crippen LogP contribution in [0.4, 0.5) is 0 Å². The van der Waals surface area contributed by atoms with E-state index in [2.05, 4.69) is 0 Å². The first-order valence-electron chi connectivity index (χ1n) is 4.99. The van der Waals surface area contributed by atoms with Gasteiger partial charge in [0.15, 0.2) is 11.5 Å². The second kappa shape index (κ2) is 3.27. The molecule has 16 heavy (non-hydrogen) atoms. The van der Waals surface area contributed by atoms with Crippen LogP contribution in [-0.2, 0) is 16.0 Å². The summed E-state index contributed by atoms with van der Waals surface area (Å²) in [5, 5.41) is 0. The topological polar surface area (TPSA) is 44.8 Å². The zero-order valence-corrected chi connectivity index (χ0v) is 8.78. The van der Waals surface area contributed by atoms with E-state index in [0.717, 1.165) is 22.6 Å². The Labute approximate surface area is 92.4 Å². The molecule has 1 heterocycles. The number of carbonyl (C=O) groups is 1. The minimum atomic E-state index is -0.279. The van der Waals surface area contributed by atoms with Crippen molar-refractivity contribution >= 4 is 12.0 Å². The highest BCUT2D eigenvalue weighted by atomic mass is 16.7. The van der Waals surface area contributed by atoms with E-state index in [-0.39, 0.29) is 12.8 Å². The summed E-state index contributed by atoms with van der Waals surface area (Å²) in [6.07, 6.45) is 2.43. The molecule has 0 saturated carbocycles. The maximum atomic E-state index is 11.4. The van der Waals surface area contributed by atoms with Crippen molar-refractivity contribution in [3.63, 3.8) is 0 Å². The van der Waals surface area contributed by atoms with Crippen molar-refractivity contribution in [3.8, 4) is 11.5 Å². The monoisotopic (exact) mass is 218 g/mol. The molecule has 1 aromatic carbocycles. The highest BCUT2D eigenvalue weighted by Crippen LogP contribution is 2.38. The van der Waals surface area contributed by atoms with Gasteiger partial charge in [0.05, 0.1) is 7.11 Å². The van der Waals surface area contributed by atoms with Crippen LogP contribution in [0, 0.1) is 0 Å². The van der Waals surface area contributed by atoms with Gasteiger partial charge in [-0.1, -0.05) is 0 Å². The van der Waals surface area contributed by atoms with E-state index in [4.69, 9.17) is 14.2 Å². The molecule has 0 radical (unpaired) electrons. The van der Waals surface area contributed by atoms with Gasteiger partial charge in [0.1, 0.15) is 0 Å². The molecule has 2 aliphatic rings. The number of hydrogen-bond acceptors (Lipinski definition) is 4. The lowest BCUT2D eigenvalue weighted by atomic mass is 10.1. The molecule has 0 fully saturated rings. The molecular formula is C12H10O4. The Morgan fingerprint density at radius 1 is 1.31 bits per heavy atom. The fraction of sp³-hybridized carbons (Fsp3) is 0.250. The highest BCUT2D eigenvalue weighted by Gasteiger charge is 2.23. The Balaban J connectivity index is 1.99. The van der Waals surface area contributed by atoms with Crippen LogP contribution in [-0.4, -0.2) is 19.9 Å². The third-order valence-corrected chi connectivity index (χ3v) is 2.79. The van der Waals surface area contributed by atoms with Crippen LogP contribution in [0.25, 0.3) is 6.08 Å². The van der Waals surface area contributed by atoms with Crippen molar-refractivity contribution in [1.29, 1.82) is 0 Å². The lowest BCUT2D eigenvalue weighted by molar-refractivity contribution is -0.136. The van der Waals surface area contributed by atoms with E-state index in [1.165, 1.54) is 7.11 Å². The maximum absolute atomic E-state index is 11.4. The highest BCUT2D eigenvalue weighted by molar-refractivity contribution is 5.96.